The summed E-state index contributed by atoms with van der Waals surface area (Å²) in [5.74, 6) is 0.793. The molecule has 7 heteroatoms. The van der Waals surface area contributed by atoms with Crippen molar-refractivity contribution < 1.29 is 0 Å². The Labute approximate surface area is 428 Å². The monoisotopic (exact) mass is 949 g/mol. The molecule has 13 aromatic rings. The number of fused-ring (bicyclic) bond motifs is 8. The molecule has 0 saturated heterocycles. The van der Waals surface area contributed by atoms with E-state index in [9.17, 15) is 0 Å². The molecule has 4 aromatic heterocycles. The number of hydrogen-bond acceptors (Lipinski definition) is 7. The highest BCUT2D eigenvalue weighted by Gasteiger charge is 2.37. The van der Waals surface area contributed by atoms with Gasteiger partial charge in [0.2, 0.25) is 0 Å². The van der Waals surface area contributed by atoms with Gasteiger partial charge in [-0.25, -0.2) is 4.98 Å². The summed E-state index contributed by atoms with van der Waals surface area (Å²) < 4.78 is 0. The van der Waals surface area contributed by atoms with Gasteiger partial charge in [0, 0.05) is 102 Å². The Morgan fingerprint density at radius 3 is 1.38 bits per heavy atom. The molecule has 0 fully saturated rings. The zero-order chi connectivity index (χ0) is 49.3. The molecule has 14 rings (SSSR count). The molecule has 0 aliphatic heterocycles. The molecule has 0 atom stereocenters. The van der Waals surface area contributed by atoms with E-state index in [-0.39, 0.29) is 5.41 Å². The molecule has 0 N–H and O–H groups in total. The molecule has 0 bridgehead atoms. The number of aromatic nitrogens is 4. The van der Waals surface area contributed by atoms with Crippen molar-refractivity contribution in [1.29, 1.82) is 0 Å². The fourth-order valence-corrected chi connectivity index (χ4v) is 11.5. The lowest BCUT2D eigenvalue weighted by atomic mass is 9.81. The van der Waals surface area contributed by atoms with E-state index in [1.54, 1.807) is 0 Å². The summed E-state index contributed by atoms with van der Waals surface area (Å²) in [7, 11) is 0. The van der Waals surface area contributed by atoms with Crippen LogP contribution in [0, 0.1) is 0 Å². The first-order valence-corrected chi connectivity index (χ1v) is 25.1. The van der Waals surface area contributed by atoms with Gasteiger partial charge >= 0.3 is 0 Å². The summed E-state index contributed by atoms with van der Waals surface area (Å²) in [6.45, 7) is 4.74. The minimum absolute atomic E-state index is 0.278. The van der Waals surface area contributed by atoms with Crippen LogP contribution in [0.3, 0.4) is 0 Å². The maximum atomic E-state index is 5.20. The summed E-state index contributed by atoms with van der Waals surface area (Å²) in [6.07, 6.45) is 7.46. The highest BCUT2D eigenvalue weighted by atomic mass is 15.2. The maximum absolute atomic E-state index is 5.20. The van der Waals surface area contributed by atoms with Crippen LogP contribution in [0.25, 0.3) is 65.4 Å². The summed E-state index contributed by atoms with van der Waals surface area (Å²) in [6, 6.07) is 80.7. The van der Waals surface area contributed by atoms with Gasteiger partial charge in [0.05, 0.1) is 27.9 Å². The third-order valence-corrected chi connectivity index (χ3v) is 14.9. The Balaban J connectivity index is 1.17. The normalized spacial score (nSPS) is 12.6. The van der Waals surface area contributed by atoms with E-state index in [4.69, 9.17) is 19.9 Å². The number of pyridine rings is 4. The van der Waals surface area contributed by atoms with Crippen molar-refractivity contribution in [2.24, 2.45) is 0 Å². The van der Waals surface area contributed by atoms with Gasteiger partial charge in [0.25, 0.3) is 0 Å². The zero-order valence-electron chi connectivity index (χ0n) is 40.8. The van der Waals surface area contributed by atoms with E-state index < -0.39 is 0 Å². The first kappa shape index (κ1) is 43.1. The van der Waals surface area contributed by atoms with Crippen molar-refractivity contribution in [3.05, 3.63) is 260 Å². The fraction of sp³-hybridized carbons (Fsp3) is 0.0448. The first-order chi connectivity index (χ1) is 36.5. The van der Waals surface area contributed by atoms with Crippen LogP contribution in [0.2, 0.25) is 0 Å². The Morgan fingerprint density at radius 1 is 0.297 bits per heavy atom. The van der Waals surface area contributed by atoms with Gasteiger partial charge in [-0.2, -0.15) is 0 Å². The van der Waals surface area contributed by atoms with E-state index in [0.717, 1.165) is 106 Å². The summed E-state index contributed by atoms with van der Waals surface area (Å²) in [4.78, 5) is 26.6. The van der Waals surface area contributed by atoms with Crippen molar-refractivity contribution in [3.8, 4) is 11.1 Å². The molecule has 1 aliphatic rings. The Hall–Kier alpha value is -9.72. The molecule has 0 spiro atoms. The number of anilines is 9. The smallest absolute Gasteiger partial charge is 0.137 e. The van der Waals surface area contributed by atoms with Crippen LogP contribution < -0.4 is 14.7 Å². The highest BCUT2D eigenvalue weighted by molar-refractivity contribution is 6.25. The number of hydrogen-bond donors (Lipinski definition) is 0. The molecule has 0 saturated carbocycles. The van der Waals surface area contributed by atoms with Crippen molar-refractivity contribution in [3.63, 3.8) is 0 Å². The molecule has 0 amide bonds. The molecule has 4 heterocycles. The highest BCUT2D eigenvalue weighted by Crippen LogP contribution is 2.57. The van der Waals surface area contributed by atoms with E-state index in [1.807, 2.05) is 49.1 Å². The Morgan fingerprint density at radius 2 is 0.770 bits per heavy atom. The van der Waals surface area contributed by atoms with Crippen LogP contribution in [0.4, 0.5) is 51.3 Å². The lowest BCUT2D eigenvalue weighted by Crippen LogP contribution is -2.17. The predicted molar refractivity (Wildman–Crippen MR) is 307 cm³/mol. The van der Waals surface area contributed by atoms with Crippen molar-refractivity contribution in [1.82, 2.24) is 19.9 Å². The molecular weight excluding hydrogens is 903 g/mol. The number of rotatable bonds is 9. The Bertz CT molecular complexity index is 4310. The summed E-state index contributed by atoms with van der Waals surface area (Å²) in [5.41, 5.74) is 15.8. The SMILES string of the molecule is CC1(C)c2ccccc2-c2cc3c(N(c4ccc5ncccc5c4)c4ccccn4)c4cc(N(c5ccccc5)c5ccc6ncccc6c5)ccc4c(N(c4ccccc4)c4ccc5ncccc5c4)c3cc21. The number of nitrogens with zero attached hydrogens (tertiary/aromatic N) is 7. The second-order valence-electron chi connectivity index (χ2n) is 19.5. The third kappa shape index (κ3) is 7.04. The van der Waals surface area contributed by atoms with Crippen LogP contribution >= 0.6 is 0 Å². The van der Waals surface area contributed by atoms with Crippen LogP contribution in [-0.2, 0) is 5.41 Å². The Kier molecular flexibility index (Phi) is 10.0. The van der Waals surface area contributed by atoms with E-state index in [2.05, 4.69) is 229 Å². The second kappa shape index (κ2) is 17.3. The molecule has 74 heavy (non-hydrogen) atoms. The molecule has 0 unspecified atom stereocenters. The van der Waals surface area contributed by atoms with Gasteiger partial charge in [-0.3, -0.25) is 19.9 Å². The average molecular weight is 950 g/mol. The second-order valence-corrected chi connectivity index (χ2v) is 19.5. The zero-order valence-corrected chi connectivity index (χ0v) is 40.8. The van der Waals surface area contributed by atoms with Crippen LogP contribution in [0.15, 0.2) is 249 Å². The van der Waals surface area contributed by atoms with Crippen LogP contribution in [0.5, 0.6) is 0 Å². The molecule has 350 valence electrons. The topological polar surface area (TPSA) is 61.3 Å². The first-order valence-electron chi connectivity index (χ1n) is 25.1. The number of benzene rings is 9. The van der Waals surface area contributed by atoms with Crippen molar-refractivity contribution in [2.45, 2.75) is 19.3 Å². The third-order valence-electron chi connectivity index (χ3n) is 14.9. The minimum Gasteiger partial charge on any atom is -0.310 e. The van der Waals surface area contributed by atoms with Gasteiger partial charge < -0.3 is 9.80 Å². The fourth-order valence-electron chi connectivity index (χ4n) is 11.5. The molecule has 0 radical (unpaired) electrons. The quantitative estimate of drug-likeness (QED) is 0.105. The largest absolute Gasteiger partial charge is 0.310 e. The maximum Gasteiger partial charge on any atom is 0.137 e. The molecule has 9 aromatic carbocycles. The molecular formula is C67H47N7. The van der Waals surface area contributed by atoms with Gasteiger partial charge in [0.15, 0.2) is 0 Å². The molecule has 7 nitrogen and oxygen atoms in total. The van der Waals surface area contributed by atoms with E-state index in [0.29, 0.717) is 0 Å². The van der Waals surface area contributed by atoms with E-state index in [1.165, 1.54) is 22.3 Å². The predicted octanol–water partition coefficient (Wildman–Crippen LogP) is 17.7. The van der Waals surface area contributed by atoms with E-state index >= 15 is 0 Å². The summed E-state index contributed by atoms with van der Waals surface area (Å²) in [5, 5.41) is 7.47. The lowest BCUT2D eigenvalue weighted by Gasteiger charge is -2.34. The lowest BCUT2D eigenvalue weighted by molar-refractivity contribution is 0.661. The molecule has 1 aliphatic carbocycles. The van der Waals surface area contributed by atoms with Crippen LogP contribution in [-0.4, -0.2) is 19.9 Å². The minimum atomic E-state index is -0.278. The van der Waals surface area contributed by atoms with Gasteiger partial charge in [-0.1, -0.05) is 105 Å². The van der Waals surface area contributed by atoms with Crippen LogP contribution in [0.1, 0.15) is 25.0 Å². The van der Waals surface area contributed by atoms with Crippen molar-refractivity contribution in [2.75, 3.05) is 14.7 Å². The number of para-hydroxylation sites is 2. The standard InChI is InChI=1S/C67H47N7/c1-67(2)59-24-10-9-23-53(59)55-42-57-58(43-60(55)67)65(73(48-21-7-4-8-22-48)50-28-32-62-45(39-50)17-14-36-69-62)54-30-26-52(72(47-19-5-3-6-20-47)49-27-31-61-44(38-49)16-13-35-68-61)41-56(54)66(57)74(64-25-11-12-34-71-64)51-29-33-63-46(40-51)18-15-37-70-63/h3-43H,1-2H3. The van der Waals surface area contributed by atoms with Gasteiger partial charge in [-0.05, 0) is 156 Å². The average Bonchev–Trinajstić information content (AvgIpc) is 3.77. The summed E-state index contributed by atoms with van der Waals surface area (Å²) >= 11 is 0. The van der Waals surface area contributed by atoms with Gasteiger partial charge in [-0.15, -0.1) is 0 Å². The van der Waals surface area contributed by atoms with Crippen molar-refractivity contribution >= 4 is 106 Å². The van der Waals surface area contributed by atoms with Gasteiger partial charge in [0.1, 0.15) is 5.82 Å².